The van der Waals surface area contributed by atoms with Gasteiger partial charge in [0, 0.05) is 11.4 Å². The quantitative estimate of drug-likeness (QED) is 0.814. The van der Waals surface area contributed by atoms with Crippen molar-refractivity contribution in [2.75, 3.05) is 6.54 Å². The van der Waals surface area contributed by atoms with Gasteiger partial charge in [-0.15, -0.1) is 11.3 Å². The van der Waals surface area contributed by atoms with Gasteiger partial charge in [0.1, 0.15) is 0 Å². The lowest BCUT2D eigenvalue weighted by Gasteiger charge is -2.20. The highest BCUT2D eigenvalue weighted by atomic mass is 32.1. The average Bonchev–Trinajstić information content (AvgIpc) is 2.75. The Bertz CT molecular complexity index is 310. The van der Waals surface area contributed by atoms with Crippen molar-refractivity contribution in [3.8, 4) is 0 Å². The van der Waals surface area contributed by atoms with E-state index in [4.69, 9.17) is 5.73 Å². The van der Waals surface area contributed by atoms with Crippen molar-refractivity contribution in [1.29, 1.82) is 0 Å². The Morgan fingerprint density at radius 2 is 2.57 bits per heavy atom. The second kappa shape index (κ2) is 4.11. The Kier molecular flexibility index (Phi) is 2.84. The van der Waals surface area contributed by atoms with Crippen LogP contribution in [0.3, 0.4) is 0 Å². The van der Waals surface area contributed by atoms with Crippen molar-refractivity contribution >= 4 is 17.2 Å². The van der Waals surface area contributed by atoms with E-state index in [1.807, 2.05) is 6.07 Å². The molecule has 2 heterocycles. The summed E-state index contributed by atoms with van der Waals surface area (Å²) in [5.74, 6) is -0.181. The van der Waals surface area contributed by atoms with Crippen LogP contribution in [0.25, 0.3) is 0 Å². The summed E-state index contributed by atoms with van der Waals surface area (Å²) in [6, 6.07) is 4.09. The summed E-state index contributed by atoms with van der Waals surface area (Å²) in [6.45, 7) is 1.86. The summed E-state index contributed by atoms with van der Waals surface area (Å²) in [7, 11) is 0. The number of nitrogens with two attached hydrogens (primary N) is 1. The van der Waals surface area contributed by atoms with Gasteiger partial charge in [-0.25, -0.2) is 0 Å². The van der Waals surface area contributed by atoms with Gasteiger partial charge in [-0.1, -0.05) is 6.07 Å². The van der Waals surface area contributed by atoms with Crippen molar-refractivity contribution in [3.05, 3.63) is 22.4 Å². The molecule has 0 radical (unpaired) electrons. The first-order chi connectivity index (χ1) is 6.77. The Morgan fingerprint density at radius 1 is 1.71 bits per heavy atom. The fourth-order valence-corrected chi connectivity index (χ4v) is 2.67. The summed E-state index contributed by atoms with van der Waals surface area (Å²) < 4.78 is 0. The molecule has 2 N–H and O–H groups in total. The molecule has 1 aromatic heterocycles. The number of hydrogen-bond acceptors (Lipinski definition) is 3. The van der Waals surface area contributed by atoms with E-state index >= 15 is 0 Å². The predicted octanol–water partition coefficient (Wildman–Crippen LogP) is 1.20. The van der Waals surface area contributed by atoms with Crippen molar-refractivity contribution in [3.63, 3.8) is 0 Å². The highest BCUT2D eigenvalue weighted by molar-refractivity contribution is 7.09. The van der Waals surface area contributed by atoms with Gasteiger partial charge in [0.25, 0.3) is 0 Å². The van der Waals surface area contributed by atoms with E-state index in [-0.39, 0.29) is 11.9 Å². The van der Waals surface area contributed by atoms with E-state index < -0.39 is 0 Å². The normalized spacial score (nSPS) is 22.7. The zero-order valence-corrected chi connectivity index (χ0v) is 8.80. The molecular weight excluding hydrogens is 196 g/mol. The van der Waals surface area contributed by atoms with Crippen molar-refractivity contribution in [2.24, 2.45) is 5.73 Å². The molecular formula is C10H14N2OS. The first kappa shape index (κ1) is 9.68. The summed E-state index contributed by atoms with van der Waals surface area (Å²) in [5.41, 5.74) is 5.34. The second-order valence-electron chi connectivity index (χ2n) is 3.61. The number of hydrogen-bond donors (Lipinski definition) is 1. The molecule has 0 spiro atoms. The molecule has 3 nitrogen and oxygen atoms in total. The minimum atomic E-state index is -0.181. The van der Waals surface area contributed by atoms with Gasteiger partial charge in [-0.2, -0.15) is 0 Å². The van der Waals surface area contributed by atoms with Crippen LogP contribution < -0.4 is 5.73 Å². The van der Waals surface area contributed by atoms with E-state index in [1.54, 1.807) is 11.3 Å². The Morgan fingerprint density at radius 3 is 3.21 bits per heavy atom. The van der Waals surface area contributed by atoms with Gasteiger partial charge >= 0.3 is 0 Å². The maximum atomic E-state index is 11.1. The summed E-state index contributed by atoms with van der Waals surface area (Å²) in [6.07, 6.45) is 2.00. The molecule has 76 valence electrons. The van der Waals surface area contributed by atoms with Crippen LogP contribution in [0.15, 0.2) is 17.5 Å². The lowest BCUT2D eigenvalue weighted by molar-refractivity contribution is -0.122. The van der Waals surface area contributed by atoms with Gasteiger partial charge in [0.15, 0.2) is 0 Å². The molecule has 1 saturated heterocycles. The summed E-state index contributed by atoms with van der Waals surface area (Å²) >= 11 is 1.73. The Hall–Kier alpha value is -0.870. The molecule has 2 rings (SSSR count). The van der Waals surface area contributed by atoms with Crippen LogP contribution in [0.5, 0.6) is 0 Å². The Balaban J connectivity index is 2.00. The number of primary amides is 1. The van der Waals surface area contributed by atoms with Crippen LogP contribution in [-0.4, -0.2) is 23.4 Å². The fraction of sp³-hybridized carbons (Fsp3) is 0.500. The van der Waals surface area contributed by atoms with Gasteiger partial charge in [-0.05, 0) is 30.8 Å². The van der Waals surface area contributed by atoms with Crippen molar-refractivity contribution < 1.29 is 4.79 Å². The fourth-order valence-electron chi connectivity index (χ4n) is 1.94. The molecule has 1 unspecified atom stereocenters. The third kappa shape index (κ3) is 1.96. The molecule has 1 aliphatic rings. The minimum Gasteiger partial charge on any atom is -0.368 e. The summed E-state index contributed by atoms with van der Waals surface area (Å²) in [5, 5.41) is 2.06. The number of likely N-dealkylation sites (tertiary alicyclic amines) is 1. The van der Waals surface area contributed by atoms with E-state index in [1.165, 1.54) is 4.88 Å². The molecule has 0 aliphatic carbocycles. The number of nitrogens with zero attached hydrogens (tertiary/aromatic N) is 1. The van der Waals surface area contributed by atoms with Crippen molar-refractivity contribution in [2.45, 2.75) is 25.4 Å². The predicted molar refractivity (Wildman–Crippen MR) is 56.9 cm³/mol. The third-order valence-corrected chi connectivity index (χ3v) is 3.49. The molecule has 0 bridgehead atoms. The van der Waals surface area contributed by atoms with Gasteiger partial charge in [0.2, 0.25) is 5.91 Å². The first-order valence-electron chi connectivity index (χ1n) is 4.83. The smallest absolute Gasteiger partial charge is 0.234 e. The SMILES string of the molecule is NC(=O)C1CCCN1Cc1cccs1. The van der Waals surface area contributed by atoms with Crippen LogP contribution >= 0.6 is 11.3 Å². The standard InChI is InChI=1S/C10H14N2OS/c11-10(13)9-4-1-5-12(9)7-8-3-2-6-14-8/h2-3,6,9H,1,4-5,7H2,(H2,11,13). The molecule has 1 atom stereocenters. The first-order valence-corrected chi connectivity index (χ1v) is 5.71. The molecule has 4 heteroatoms. The van der Waals surface area contributed by atoms with E-state index in [0.717, 1.165) is 25.9 Å². The van der Waals surface area contributed by atoms with Crippen molar-refractivity contribution in [1.82, 2.24) is 4.90 Å². The van der Waals surface area contributed by atoms with Crippen LogP contribution in [0.1, 0.15) is 17.7 Å². The van der Waals surface area contributed by atoms with Gasteiger partial charge < -0.3 is 5.73 Å². The van der Waals surface area contributed by atoms with Gasteiger partial charge in [-0.3, -0.25) is 9.69 Å². The minimum absolute atomic E-state index is 0.0444. The second-order valence-corrected chi connectivity index (χ2v) is 4.64. The lowest BCUT2D eigenvalue weighted by Crippen LogP contribution is -2.39. The molecule has 0 aromatic carbocycles. The number of thiophene rings is 1. The van der Waals surface area contributed by atoms with E-state index in [2.05, 4.69) is 16.3 Å². The average molecular weight is 210 g/mol. The molecule has 1 amide bonds. The summed E-state index contributed by atoms with van der Waals surface area (Å²) in [4.78, 5) is 14.6. The zero-order valence-electron chi connectivity index (χ0n) is 7.98. The maximum absolute atomic E-state index is 11.1. The third-order valence-electron chi connectivity index (χ3n) is 2.63. The number of rotatable bonds is 3. The van der Waals surface area contributed by atoms with Crippen LogP contribution in [0.2, 0.25) is 0 Å². The molecule has 1 fully saturated rings. The zero-order chi connectivity index (χ0) is 9.97. The van der Waals surface area contributed by atoms with E-state index in [0.29, 0.717) is 0 Å². The Labute approximate surface area is 87.5 Å². The van der Waals surface area contributed by atoms with Crippen LogP contribution in [0, 0.1) is 0 Å². The molecule has 0 saturated carbocycles. The van der Waals surface area contributed by atoms with Crippen LogP contribution in [-0.2, 0) is 11.3 Å². The topological polar surface area (TPSA) is 46.3 Å². The van der Waals surface area contributed by atoms with Crippen LogP contribution in [0.4, 0.5) is 0 Å². The monoisotopic (exact) mass is 210 g/mol. The number of amides is 1. The maximum Gasteiger partial charge on any atom is 0.234 e. The number of carbonyl (C=O) groups is 1. The lowest BCUT2D eigenvalue weighted by atomic mass is 10.2. The highest BCUT2D eigenvalue weighted by Crippen LogP contribution is 2.21. The molecule has 1 aromatic rings. The molecule has 14 heavy (non-hydrogen) atoms. The molecule has 1 aliphatic heterocycles. The largest absolute Gasteiger partial charge is 0.368 e. The highest BCUT2D eigenvalue weighted by Gasteiger charge is 2.28. The number of carbonyl (C=O) groups excluding carboxylic acids is 1. The van der Waals surface area contributed by atoms with Gasteiger partial charge in [0.05, 0.1) is 6.04 Å². The van der Waals surface area contributed by atoms with E-state index in [9.17, 15) is 4.79 Å².